The number of rotatable bonds is 3. The van der Waals surface area contributed by atoms with Crippen molar-refractivity contribution >= 4 is 17.7 Å². The molecule has 2 aromatic rings. The van der Waals surface area contributed by atoms with Gasteiger partial charge in [-0.05, 0) is 23.8 Å². The number of ether oxygens (including phenoxy) is 1. The molecule has 2 aromatic carbocycles. The summed E-state index contributed by atoms with van der Waals surface area (Å²) in [5.74, 6) is -0.247. The number of esters is 1. The van der Waals surface area contributed by atoms with Gasteiger partial charge in [0.1, 0.15) is 6.10 Å². The Balaban J connectivity index is 1.81. The van der Waals surface area contributed by atoms with Crippen LogP contribution in [0.4, 0.5) is 0 Å². The predicted octanol–water partition coefficient (Wildman–Crippen LogP) is 3.96. The minimum Gasteiger partial charge on any atom is -0.449 e. The van der Waals surface area contributed by atoms with E-state index in [0.717, 1.165) is 10.5 Å². The van der Waals surface area contributed by atoms with Gasteiger partial charge < -0.3 is 4.74 Å². The molecule has 0 aromatic heterocycles. The van der Waals surface area contributed by atoms with Crippen LogP contribution in [0.5, 0.6) is 0 Å². The molecule has 3 rings (SSSR count). The van der Waals surface area contributed by atoms with Crippen LogP contribution in [0, 0.1) is 0 Å². The summed E-state index contributed by atoms with van der Waals surface area (Å²) in [6.07, 6.45) is 1.62. The molecule has 3 heteroatoms. The molecule has 1 unspecified atom stereocenters. The Morgan fingerprint density at radius 1 is 0.895 bits per heavy atom. The van der Waals surface area contributed by atoms with Gasteiger partial charge in [-0.25, -0.2) is 4.79 Å². The smallest absolute Gasteiger partial charge is 0.345 e. The zero-order valence-electron chi connectivity index (χ0n) is 10.2. The van der Waals surface area contributed by atoms with E-state index in [1.54, 1.807) is 0 Å². The molecule has 1 atom stereocenters. The highest BCUT2D eigenvalue weighted by Gasteiger charge is 2.27. The summed E-state index contributed by atoms with van der Waals surface area (Å²) in [5, 5.41) is 0. The molecule has 0 bridgehead atoms. The fraction of sp³-hybridized carbons (Fsp3) is 0.0625. The molecule has 0 amide bonds. The number of carbonyl (C=O) groups excluding carboxylic acids is 1. The van der Waals surface area contributed by atoms with E-state index in [4.69, 9.17) is 4.74 Å². The van der Waals surface area contributed by atoms with Gasteiger partial charge in [0, 0.05) is 4.90 Å². The molecule has 0 N–H and O–H groups in total. The van der Waals surface area contributed by atoms with Crippen LogP contribution in [0.2, 0.25) is 0 Å². The van der Waals surface area contributed by atoms with Gasteiger partial charge in [0.25, 0.3) is 0 Å². The Morgan fingerprint density at radius 3 is 2.21 bits per heavy atom. The summed E-state index contributed by atoms with van der Waals surface area (Å²) >= 11 is 1.44. The van der Waals surface area contributed by atoms with Gasteiger partial charge in [0.15, 0.2) is 0 Å². The monoisotopic (exact) mass is 268 g/mol. The average Bonchev–Trinajstić information content (AvgIpc) is 2.82. The first-order valence-corrected chi connectivity index (χ1v) is 6.85. The molecule has 1 aliphatic rings. The average molecular weight is 268 g/mol. The summed E-state index contributed by atoms with van der Waals surface area (Å²) in [5.41, 5.74) is 1.000. The van der Waals surface area contributed by atoms with E-state index in [1.807, 2.05) is 66.7 Å². The second-order valence-electron chi connectivity index (χ2n) is 4.18. The first-order valence-electron chi connectivity index (χ1n) is 6.03. The summed E-state index contributed by atoms with van der Waals surface area (Å²) in [4.78, 5) is 13.5. The minimum absolute atomic E-state index is 0.247. The highest BCUT2D eigenvalue weighted by atomic mass is 32.2. The van der Waals surface area contributed by atoms with Crippen molar-refractivity contribution in [2.45, 2.75) is 11.0 Å². The van der Waals surface area contributed by atoms with Gasteiger partial charge in [-0.1, -0.05) is 60.3 Å². The molecular weight excluding hydrogens is 256 g/mol. The molecule has 0 saturated heterocycles. The molecule has 94 valence electrons. The number of cyclic esters (lactones) is 1. The van der Waals surface area contributed by atoms with Gasteiger partial charge in [-0.3, -0.25) is 0 Å². The van der Waals surface area contributed by atoms with Crippen LogP contribution in [0.1, 0.15) is 11.7 Å². The lowest BCUT2D eigenvalue weighted by molar-refractivity contribution is -0.139. The second kappa shape index (κ2) is 5.33. The molecule has 0 fully saturated rings. The first-order chi connectivity index (χ1) is 9.33. The zero-order valence-corrected chi connectivity index (χ0v) is 11.0. The SMILES string of the molecule is O=C1OC(c2ccccc2)C=C1Sc1ccccc1. The van der Waals surface area contributed by atoms with Crippen molar-refractivity contribution in [1.82, 2.24) is 0 Å². The fourth-order valence-corrected chi connectivity index (χ4v) is 2.78. The molecule has 1 aliphatic heterocycles. The van der Waals surface area contributed by atoms with Crippen molar-refractivity contribution in [3.05, 3.63) is 77.2 Å². The zero-order chi connectivity index (χ0) is 13.1. The Hall–Kier alpha value is -2.00. The van der Waals surface area contributed by atoms with E-state index in [9.17, 15) is 4.79 Å². The second-order valence-corrected chi connectivity index (χ2v) is 5.30. The molecule has 19 heavy (non-hydrogen) atoms. The topological polar surface area (TPSA) is 26.3 Å². The van der Waals surface area contributed by atoms with E-state index in [-0.39, 0.29) is 12.1 Å². The summed E-state index contributed by atoms with van der Waals surface area (Å²) in [7, 11) is 0. The maximum absolute atomic E-state index is 11.9. The van der Waals surface area contributed by atoms with E-state index in [0.29, 0.717) is 4.91 Å². The summed E-state index contributed by atoms with van der Waals surface area (Å²) in [6.45, 7) is 0. The van der Waals surface area contributed by atoms with Crippen molar-refractivity contribution in [2.24, 2.45) is 0 Å². The third-order valence-corrected chi connectivity index (χ3v) is 3.87. The van der Waals surface area contributed by atoms with Crippen molar-refractivity contribution < 1.29 is 9.53 Å². The van der Waals surface area contributed by atoms with Gasteiger partial charge in [0.2, 0.25) is 0 Å². The number of hydrogen-bond acceptors (Lipinski definition) is 3. The maximum Gasteiger partial charge on any atom is 0.345 e. The van der Waals surface area contributed by atoms with Crippen LogP contribution in [0.15, 0.2) is 76.5 Å². The molecule has 0 radical (unpaired) electrons. The highest BCUT2D eigenvalue weighted by Crippen LogP contribution is 2.36. The lowest BCUT2D eigenvalue weighted by Gasteiger charge is -2.07. The van der Waals surface area contributed by atoms with E-state index >= 15 is 0 Å². The lowest BCUT2D eigenvalue weighted by atomic mass is 10.1. The predicted molar refractivity (Wildman–Crippen MR) is 75.7 cm³/mol. The molecule has 1 heterocycles. The molecule has 2 nitrogen and oxygen atoms in total. The standard InChI is InChI=1S/C16H12O2S/c17-16-15(19-13-9-5-2-6-10-13)11-14(18-16)12-7-3-1-4-8-12/h1-11,14H. The van der Waals surface area contributed by atoms with E-state index in [2.05, 4.69) is 0 Å². The number of benzene rings is 2. The van der Waals surface area contributed by atoms with E-state index in [1.165, 1.54) is 11.8 Å². The third kappa shape index (κ3) is 2.71. The molecule has 0 saturated carbocycles. The minimum atomic E-state index is -0.264. The van der Waals surface area contributed by atoms with Crippen LogP contribution < -0.4 is 0 Å². The van der Waals surface area contributed by atoms with Crippen LogP contribution in [0.3, 0.4) is 0 Å². The van der Waals surface area contributed by atoms with Gasteiger partial charge in [0.05, 0.1) is 4.91 Å². The Morgan fingerprint density at radius 2 is 1.53 bits per heavy atom. The Labute approximate surface area is 116 Å². The van der Waals surface area contributed by atoms with Crippen molar-refractivity contribution in [1.29, 1.82) is 0 Å². The van der Waals surface area contributed by atoms with Gasteiger partial charge >= 0.3 is 5.97 Å². The largest absolute Gasteiger partial charge is 0.449 e. The number of thioether (sulfide) groups is 1. The number of carbonyl (C=O) groups is 1. The fourth-order valence-electron chi connectivity index (χ4n) is 1.91. The normalized spacial score (nSPS) is 18.0. The Bertz CT molecular complexity index is 605. The van der Waals surface area contributed by atoms with E-state index < -0.39 is 0 Å². The molecular formula is C16H12O2S. The summed E-state index contributed by atoms with van der Waals surface area (Å²) in [6, 6.07) is 19.6. The van der Waals surface area contributed by atoms with Crippen molar-refractivity contribution in [2.75, 3.05) is 0 Å². The Kier molecular flexibility index (Phi) is 3.38. The van der Waals surface area contributed by atoms with Crippen LogP contribution >= 0.6 is 11.8 Å². The van der Waals surface area contributed by atoms with Gasteiger partial charge in [-0.2, -0.15) is 0 Å². The number of hydrogen-bond donors (Lipinski definition) is 0. The maximum atomic E-state index is 11.9. The van der Waals surface area contributed by atoms with Crippen LogP contribution in [-0.4, -0.2) is 5.97 Å². The third-order valence-electron chi connectivity index (χ3n) is 2.84. The van der Waals surface area contributed by atoms with Crippen molar-refractivity contribution in [3.8, 4) is 0 Å². The van der Waals surface area contributed by atoms with Gasteiger partial charge in [-0.15, -0.1) is 0 Å². The summed E-state index contributed by atoms with van der Waals surface area (Å²) < 4.78 is 5.38. The molecule has 0 spiro atoms. The molecule has 0 aliphatic carbocycles. The quantitative estimate of drug-likeness (QED) is 0.788. The lowest BCUT2D eigenvalue weighted by Crippen LogP contribution is -2.01. The van der Waals surface area contributed by atoms with Crippen LogP contribution in [0.25, 0.3) is 0 Å². The highest BCUT2D eigenvalue weighted by molar-refractivity contribution is 8.04. The first kappa shape index (κ1) is 12.1. The van der Waals surface area contributed by atoms with Crippen LogP contribution in [-0.2, 0) is 9.53 Å². The van der Waals surface area contributed by atoms with Crippen molar-refractivity contribution in [3.63, 3.8) is 0 Å².